The molecule has 0 N–H and O–H groups in total. The van der Waals surface area contributed by atoms with Gasteiger partial charge >= 0.3 is 0 Å². The summed E-state index contributed by atoms with van der Waals surface area (Å²) < 4.78 is 3.99. The molecule has 0 amide bonds. The number of thiophene rings is 2. The fourth-order valence-corrected chi connectivity index (χ4v) is 8.60. The van der Waals surface area contributed by atoms with Gasteiger partial charge in [-0.2, -0.15) is 0 Å². The minimum Gasteiger partial charge on any atom is -0.310 e. The Labute approximate surface area is 257 Å². The number of para-hydroxylation sites is 2. The van der Waals surface area contributed by atoms with Gasteiger partial charge in [-0.15, -0.1) is 22.7 Å². The van der Waals surface area contributed by atoms with Crippen LogP contribution in [0.1, 0.15) is 0 Å². The molecule has 0 saturated heterocycles. The molecular formula is C40H25NS2. The summed E-state index contributed by atoms with van der Waals surface area (Å²) in [5.74, 6) is 0. The summed E-state index contributed by atoms with van der Waals surface area (Å²) in [5, 5.41) is 11.5. The van der Waals surface area contributed by atoms with E-state index >= 15 is 0 Å². The highest BCUT2D eigenvalue weighted by Gasteiger charge is 2.18. The van der Waals surface area contributed by atoms with Crippen LogP contribution in [-0.2, 0) is 0 Å². The molecule has 0 saturated carbocycles. The average molecular weight is 584 g/mol. The number of fused-ring (bicyclic) bond motifs is 7. The van der Waals surface area contributed by atoms with Gasteiger partial charge in [-0.05, 0) is 99.2 Å². The molecule has 0 aliphatic carbocycles. The van der Waals surface area contributed by atoms with E-state index in [0.717, 1.165) is 17.1 Å². The monoisotopic (exact) mass is 583 g/mol. The molecule has 1 nitrogen and oxygen atoms in total. The maximum atomic E-state index is 2.43. The Morgan fingerprint density at radius 3 is 1.81 bits per heavy atom. The smallest absolute Gasteiger partial charge is 0.0468 e. The predicted octanol–water partition coefficient (Wildman–Crippen LogP) is 12.7. The number of benzene rings is 7. The van der Waals surface area contributed by atoms with Crippen molar-refractivity contribution in [3.05, 3.63) is 151 Å². The second kappa shape index (κ2) is 9.81. The van der Waals surface area contributed by atoms with E-state index in [1.165, 1.54) is 62.9 Å². The summed E-state index contributed by atoms with van der Waals surface area (Å²) in [7, 11) is 0. The van der Waals surface area contributed by atoms with E-state index < -0.39 is 0 Å². The second-order valence-corrected chi connectivity index (χ2v) is 13.0. The number of rotatable bonds is 4. The van der Waals surface area contributed by atoms with Crippen LogP contribution in [-0.4, -0.2) is 0 Å². The molecule has 0 bridgehead atoms. The molecule has 9 rings (SSSR count). The lowest BCUT2D eigenvalue weighted by atomic mass is 9.92. The summed E-state index contributed by atoms with van der Waals surface area (Å²) >= 11 is 3.71. The third-order valence-corrected chi connectivity index (χ3v) is 10.6. The van der Waals surface area contributed by atoms with Gasteiger partial charge in [0.2, 0.25) is 0 Å². The van der Waals surface area contributed by atoms with E-state index in [4.69, 9.17) is 0 Å². The van der Waals surface area contributed by atoms with Crippen molar-refractivity contribution in [2.45, 2.75) is 0 Å². The molecule has 2 aromatic heterocycles. The van der Waals surface area contributed by atoms with Crippen molar-refractivity contribution < 1.29 is 0 Å². The van der Waals surface area contributed by atoms with Gasteiger partial charge in [0.05, 0.1) is 0 Å². The summed E-state index contributed by atoms with van der Waals surface area (Å²) in [6.07, 6.45) is 0. The zero-order valence-electron chi connectivity index (χ0n) is 23.2. The molecule has 0 unspecified atom stereocenters. The minimum absolute atomic E-state index is 1.14. The summed E-state index contributed by atoms with van der Waals surface area (Å²) in [5.41, 5.74) is 6.01. The highest BCUT2D eigenvalue weighted by molar-refractivity contribution is 7.25. The van der Waals surface area contributed by atoms with Crippen LogP contribution in [0, 0.1) is 0 Å². The van der Waals surface area contributed by atoms with Crippen molar-refractivity contribution in [3.8, 4) is 11.1 Å². The first-order chi connectivity index (χ1) is 21.3. The zero-order chi connectivity index (χ0) is 28.3. The molecule has 202 valence electrons. The predicted molar refractivity (Wildman–Crippen MR) is 190 cm³/mol. The molecule has 0 aliphatic rings. The Bertz CT molecular complexity index is 2410. The van der Waals surface area contributed by atoms with Gasteiger partial charge in [0.1, 0.15) is 0 Å². The molecular weight excluding hydrogens is 559 g/mol. The van der Waals surface area contributed by atoms with Gasteiger partial charge < -0.3 is 4.90 Å². The van der Waals surface area contributed by atoms with Crippen LogP contribution >= 0.6 is 22.7 Å². The summed E-state index contributed by atoms with van der Waals surface area (Å²) in [4.78, 5) is 2.36. The standard InChI is InChI=1S/C40H25NS2/c1-3-11-27(12-4-1)41(28-13-5-2-6-14-28)29-19-20-30-33-24-40-36(31-15-8-10-18-39(31)43-40)22-26(33)21-34(35(30)23-29)37-25-42-38-17-9-7-16-32(37)38/h1-25H. The van der Waals surface area contributed by atoms with E-state index in [-0.39, 0.29) is 0 Å². The van der Waals surface area contributed by atoms with Crippen molar-refractivity contribution >= 4 is 91.5 Å². The van der Waals surface area contributed by atoms with Crippen LogP contribution in [0.15, 0.2) is 151 Å². The van der Waals surface area contributed by atoms with Gasteiger partial charge in [0.25, 0.3) is 0 Å². The quantitative estimate of drug-likeness (QED) is 0.186. The fourth-order valence-electron chi connectivity index (χ4n) is 6.51. The number of anilines is 3. The first kappa shape index (κ1) is 24.6. The van der Waals surface area contributed by atoms with Gasteiger partial charge in [0.15, 0.2) is 0 Å². The van der Waals surface area contributed by atoms with Crippen molar-refractivity contribution in [3.63, 3.8) is 0 Å². The molecule has 43 heavy (non-hydrogen) atoms. The molecule has 0 atom stereocenters. The Morgan fingerprint density at radius 2 is 1.05 bits per heavy atom. The zero-order valence-corrected chi connectivity index (χ0v) is 24.8. The van der Waals surface area contributed by atoms with Crippen LogP contribution in [0.3, 0.4) is 0 Å². The van der Waals surface area contributed by atoms with Gasteiger partial charge in [-0.25, -0.2) is 0 Å². The molecule has 0 fully saturated rings. The number of hydrogen-bond acceptors (Lipinski definition) is 3. The SMILES string of the molecule is c1ccc(N(c2ccccc2)c2ccc3c(c2)c(-c2csc4ccccc24)cc2cc4c(cc23)sc2ccccc24)cc1. The largest absolute Gasteiger partial charge is 0.310 e. The first-order valence-corrected chi connectivity index (χ1v) is 16.2. The van der Waals surface area contributed by atoms with Crippen molar-refractivity contribution in [1.82, 2.24) is 0 Å². The van der Waals surface area contributed by atoms with E-state index in [1.807, 2.05) is 22.7 Å². The molecule has 3 heteroatoms. The van der Waals surface area contributed by atoms with E-state index in [0.29, 0.717) is 0 Å². The lowest BCUT2D eigenvalue weighted by Crippen LogP contribution is -2.09. The van der Waals surface area contributed by atoms with Crippen LogP contribution in [0.2, 0.25) is 0 Å². The van der Waals surface area contributed by atoms with Crippen LogP contribution in [0.5, 0.6) is 0 Å². The number of nitrogens with zero attached hydrogens (tertiary/aromatic N) is 1. The Kier molecular flexibility index (Phi) is 5.62. The van der Waals surface area contributed by atoms with Crippen LogP contribution in [0.25, 0.3) is 62.9 Å². The highest BCUT2D eigenvalue weighted by atomic mass is 32.1. The van der Waals surface area contributed by atoms with Gasteiger partial charge in [-0.1, -0.05) is 78.9 Å². The fraction of sp³-hybridized carbons (Fsp3) is 0. The first-order valence-electron chi connectivity index (χ1n) is 14.5. The minimum atomic E-state index is 1.14. The van der Waals surface area contributed by atoms with E-state index in [2.05, 4.69) is 156 Å². The van der Waals surface area contributed by atoms with Gasteiger partial charge in [0, 0.05) is 52.9 Å². The molecule has 9 aromatic rings. The third-order valence-electron chi connectivity index (χ3n) is 8.49. The van der Waals surface area contributed by atoms with Gasteiger partial charge in [-0.3, -0.25) is 0 Å². The molecule has 0 spiro atoms. The van der Waals surface area contributed by atoms with Crippen molar-refractivity contribution in [2.24, 2.45) is 0 Å². The topological polar surface area (TPSA) is 3.24 Å². The summed E-state index contributed by atoms with van der Waals surface area (Å²) in [6.45, 7) is 0. The molecule has 0 aliphatic heterocycles. The lowest BCUT2D eigenvalue weighted by molar-refractivity contribution is 1.29. The Hall–Kier alpha value is -4.96. The van der Waals surface area contributed by atoms with Crippen molar-refractivity contribution in [2.75, 3.05) is 4.90 Å². The maximum Gasteiger partial charge on any atom is 0.0468 e. The molecule has 2 heterocycles. The number of hydrogen-bond donors (Lipinski definition) is 0. The maximum absolute atomic E-state index is 2.43. The van der Waals surface area contributed by atoms with E-state index in [1.54, 1.807) is 0 Å². The van der Waals surface area contributed by atoms with Crippen LogP contribution < -0.4 is 4.90 Å². The van der Waals surface area contributed by atoms with E-state index in [9.17, 15) is 0 Å². The van der Waals surface area contributed by atoms with Crippen molar-refractivity contribution in [1.29, 1.82) is 0 Å². The normalized spacial score (nSPS) is 11.7. The molecule has 0 radical (unpaired) electrons. The Balaban J connectivity index is 1.38. The lowest BCUT2D eigenvalue weighted by Gasteiger charge is -2.26. The second-order valence-electron chi connectivity index (χ2n) is 11.0. The summed E-state index contributed by atoms with van der Waals surface area (Å²) in [6, 6.07) is 53.1. The highest BCUT2D eigenvalue weighted by Crippen LogP contribution is 2.45. The van der Waals surface area contributed by atoms with Crippen LogP contribution in [0.4, 0.5) is 17.1 Å². The Morgan fingerprint density at radius 1 is 0.372 bits per heavy atom. The third kappa shape index (κ3) is 3.97. The molecule has 7 aromatic carbocycles. The average Bonchev–Trinajstić information content (AvgIpc) is 3.66.